The molecule has 1 aliphatic carbocycles. The van der Waals surface area contributed by atoms with Gasteiger partial charge < -0.3 is 30.9 Å². The van der Waals surface area contributed by atoms with E-state index in [0.29, 0.717) is 11.8 Å². The van der Waals surface area contributed by atoms with Crippen molar-refractivity contribution in [1.29, 1.82) is 0 Å². The average molecular weight is 676 g/mol. The number of sulfone groups is 1. The Hall–Kier alpha value is -4.89. The van der Waals surface area contributed by atoms with Gasteiger partial charge in [-0.1, -0.05) is 48.6 Å². The summed E-state index contributed by atoms with van der Waals surface area (Å²) in [5.74, 6) is -2.92. The molecule has 3 amide bonds. The predicted molar refractivity (Wildman–Crippen MR) is 165 cm³/mol. The van der Waals surface area contributed by atoms with Crippen LogP contribution in [-0.2, 0) is 14.6 Å². The normalized spacial score (nSPS) is 16.1. The van der Waals surface area contributed by atoms with Crippen LogP contribution < -0.4 is 20.7 Å². The third-order valence-electron chi connectivity index (χ3n) is 7.37. The van der Waals surface area contributed by atoms with Crippen molar-refractivity contribution in [1.82, 2.24) is 10.6 Å². The number of alkyl halides is 3. The number of urea groups is 1. The van der Waals surface area contributed by atoms with Crippen LogP contribution in [0.25, 0.3) is 0 Å². The Labute approximate surface area is 268 Å². The molecule has 15 heteroatoms. The van der Waals surface area contributed by atoms with Crippen LogP contribution >= 0.6 is 0 Å². The van der Waals surface area contributed by atoms with Gasteiger partial charge in [0.15, 0.2) is 15.9 Å². The van der Waals surface area contributed by atoms with E-state index in [9.17, 15) is 41.1 Å². The van der Waals surface area contributed by atoms with Crippen molar-refractivity contribution in [3.63, 3.8) is 0 Å². The Morgan fingerprint density at radius 1 is 1.02 bits per heavy atom. The molecule has 0 heterocycles. The number of aliphatic hydroxyl groups is 1. The largest absolute Gasteiger partial charge is 0.573 e. The van der Waals surface area contributed by atoms with Gasteiger partial charge in [-0.3, -0.25) is 4.79 Å². The minimum atomic E-state index is -5.14. The highest BCUT2D eigenvalue weighted by Crippen LogP contribution is 2.36. The van der Waals surface area contributed by atoms with E-state index in [1.165, 1.54) is 12.1 Å². The van der Waals surface area contributed by atoms with Gasteiger partial charge >= 0.3 is 18.4 Å². The smallest absolute Gasteiger partial charge is 0.479 e. The first kappa shape index (κ1) is 35.0. The maximum Gasteiger partial charge on any atom is 0.573 e. The summed E-state index contributed by atoms with van der Waals surface area (Å²) in [6, 6.07) is 14.7. The van der Waals surface area contributed by atoms with Crippen LogP contribution in [0.4, 0.5) is 23.7 Å². The fraction of sp³-hybridized carbons (Fsp3) is 0.281. The lowest BCUT2D eigenvalue weighted by atomic mass is 9.82. The molecule has 250 valence electrons. The van der Waals surface area contributed by atoms with E-state index < -0.39 is 63.4 Å². The van der Waals surface area contributed by atoms with Crippen LogP contribution in [0.1, 0.15) is 58.3 Å². The number of ether oxygens (including phenoxy) is 1. The van der Waals surface area contributed by atoms with Gasteiger partial charge in [0, 0.05) is 17.5 Å². The molecule has 0 saturated carbocycles. The number of benzene rings is 3. The van der Waals surface area contributed by atoms with Crippen LogP contribution in [0.2, 0.25) is 0 Å². The first-order valence-corrected chi connectivity index (χ1v) is 16.2. The molecular formula is C32H32F3N3O8S. The number of amides is 3. The molecule has 3 unspecified atom stereocenters. The number of allylic oxidation sites excluding steroid dienone is 2. The summed E-state index contributed by atoms with van der Waals surface area (Å²) >= 11 is 0. The van der Waals surface area contributed by atoms with Crippen LogP contribution in [0.5, 0.6) is 5.75 Å². The van der Waals surface area contributed by atoms with E-state index in [4.69, 9.17) is 5.11 Å². The van der Waals surface area contributed by atoms with Gasteiger partial charge in [0.1, 0.15) is 10.6 Å². The minimum absolute atomic E-state index is 0.113. The summed E-state index contributed by atoms with van der Waals surface area (Å²) in [4.78, 5) is 36.0. The molecule has 3 aromatic carbocycles. The second kappa shape index (κ2) is 14.7. The number of carbonyl (C=O) groups is 3. The lowest BCUT2D eigenvalue weighted by Crippen LogP contribution is -2.36. The first-order chi connectivity index (χ1) is 22.1. The number of aliphatic hydroxyl groups excluding tert-OH is 1. The second-order valence-electron chi connectivity index (χ2n) is 10.8. The van der Waals surface area contributed by atoms with Crippen LogP contribution in [0.15, 0.2) is 83.8 Å². The van der Waals surface area contributed by atoms with Gasteiger partial charge in [-0.15, -0.1) is 13.2 Å². The molecular weight excluding hydrogens is 643 g/mol. The minimum Gasteiger partial charge on any atom is -0.479 e. The van der Waals surface area contributed by atoms with Crippen molar-refractivity contribution in [2.75, 3.05) is 18.1 Å². The lowest BCUT2D eigenvalue weighted by Gasteiger charge is -2.27. The van der Waals surface area contributed by atoms with Gasteiger partial charge in [0.25, 0.3) is 5.91 Å². The van der Waals surface area contributed by atoms with E-state index in [2.05, 4.69) is 32.8 Å². The fourth-order valence-corrected chi connectivity index (χ4v) is 5.97. The summed E-state index contributed by atoms with van der Waals surface area (Å²) in [5.41, 5.74) is 2.31. The zero-order valence-corrected chi connectivity index (χ0v) is 25.8. The van der Waals surface area contributed by atoms with E-state index in [1.54, 1.807) is 18.2 Å². The van der Waals surface area contributed by atoms with Gasteiger partial charge in [-0.2, -0.15) is 0 Å². The number of carboxylic acid groups (broad SMARTS) is 1. The van der Waals surface area contributed by atoms with Crippen molar-refractivity contribution < 1.29 is 50.9 Å². The molecule has 0 spiro atoms. The standard InChI is InChI=1S/C32H32F3N3O8S/c1-47(44,45)27-17-22(15-16-26(27)46-32(33,34)35)37-31(43)38-28(24-10-6-5-9-23(24)19-7-3-2-4-8-19)20-11-13-21(14-12-20)29(40)36-18-25(39)30(41)42/h2-3,5-6,9-17,19,25,28,39H,4,7-8,18H2,1H3,(H,36,40)(H,41,42)(H2,37,38,43). The molecule has 4 rings (SSSR count). The SMILES string of the molecule is CS(=O)(=O)c1cc(NC(=O)NC(c2ccc(C(=O)NCC(O)C(=O)O)cc2)c2ccccc2C2CC=CCC2)ccc1OC(F)(F)F. The first-order valence-electron chi connectivity index (χ1n) is 14.3. The Morgan fingerprint density at radius 3 is 2.34 bits per heavy atom. The summed E-state index contributed by atoms with van der Waals surface area (Å²) in [7, 11) is -4.19. The molecule has 5 N–H and O–H groups in total. The zero-order valence-electron chi connectivity index (χ0n) is 25.0. The van der Waals surface area contributed by atoms with Crippen LogP contribution in [0.3, 0.4) is 0 Å². The Bertz CT molecular complexity index is 1760. The van der Waals surface area contributed by atoms with E-state index >= 15 is 0 Å². The average Bonchev–Trinajstić information content (AvgIpc) is 3.02. The highest BCUT2D eigenvalue weighted by atomic mass is 32.2. The number of rotatable bonds is 11. The molecule has 0 aromatic heterocycles. The Morgan fingerprint density at radius 2 is 1.72 bits per heavy atom. The monoisotopic (exact) mass is 675 g/mol. The molecule has 0 fully saturated rings. The number of hydrogen-bond donors (Lipinski definition) is 5. The second-order valence-corrected chi connectivity index (χ2v) is 12.8. The quantitative estimate of drug-likeness (QED) is 0.179. The molecule has 47 heavy (non-hydrogen) atoms. The molecule has 1 aliphatic rings. The summed E-state index contributed by atoms with van der Waals surface area (Å²) in [6.07, 6.45) is 0.481. The molecule has 0 saturated heterocycles. The summed E-state index contributed by atoms with van der Waals surface area (Å²) in [6.45, 7) is -0.506. The third kappa shape index (κ3) is 9.56. The van der Waals surface area contributed by atoms with Gasteiger partial charge in [-0.25, -0.2) is 18.0 Å². The van der Waals surface area contributed by atoms with Gasteiger partial charge in [0.2, 0.25) is 0 Å². The summed E-state index contributed by atoms with van der Waals surface area (Å²) in [5, 5.41) is 26.0. The topological polar surface area (TPSA) is 171 Å². The van der Waals surface area contributed by atoms with Gasteiger partial charge in [-0.05, 0) is 72.2 Å². The molecule has 0 aliphatic heterocycles. The van der Waals surface area contributed by atoms with Crippen LogP contribution in [-0.4, -0.2) is 61.8 Å². The molecule has 0 radical (unpaired) electrons. The molecule has 11 nitrogen and oxygen atoms in total. The third-order valence-corrected chi connectivity index (χ3v) is 8.48. The maximum absolute atomic E-state index is 13.4. The van der Waals surface area contributed by atoms with Gasteiger partial charge in [0.05, 0.1) is 12.6 Å². The number of anilines is 1. The molecule has 3 aromatic rings. The number of nitrogens with one attached hydrogen (secondary N) is 3. The van der Waals surface area contributed by atoms with Crippen molar-refractivity contribution in [3.05, 3.63) is 101 Å². The number of hydrogen-bond acceptors (Lipinski definition) is 7. The van der Waals surface area contributed by atoms with Crippen molar-refractivity contribution >= 4 is 33.4 Å². The fourth-order valence-electron chi connectivity index (χ4n) is 5.15. The number of aliphatic carboxylic acids is 1. The lowest BCUT2D eigenvalue weighted by molar-refractivity contribution is -0.275. The highest BCUT2D eigenvalue weighted by molar-refractivity contribution is 7.90. The number of carboxylic acids is 1. The van der Waals surface area contributed by atoms with Crippen LogP contribution in [0, 0.1) is 0 Å². The van der Waals surface area contributed by atoms with E-state index in [0.717, 1.165) is 48.6 Å². The van der Waals surface area contributed by atoms with E-state index in [1.807, 2.05) is 18.2 Å². The van der Waals surface area contributed by atoms with Crippen molar-refractivity contribution in [2.24, 2.45) is 0 Å². The Kier molecular flexibility index (Phi) is 10.9. The molecule has 0 bridgehead atoms. The van der Waals surface area contributed by atoms with Crippen molar-refractivity contribution in [3.8, 4) is 5.75 Å². The predicted octanol–water partition coefficient (Wildman–Crippen LogP) is 4.90. The van der Waals surface area contributed by atoms with E-state index in [-0.39, 0.29) is 17.2 Å². The summed E-state index contributed by atoms with van der Waals surface area (Å²) < 4.78 is 66.9. The number of carbonyl (C=O) groups excluding carboxylic acids is 2. The van der Waals surface area contributed by atoms with Crippen molar-refractivity contribution in [2.45, 2.75) is 48.6 Å². The Balaban J connectivity index is 1.65. The molecule has 3 atom stereocenters. The maximum atomic E-state index is 13.4. The highest BCUT2D eigenvalue weighted by Gasteiger charge is 2.34. The number of halogens is 3. The zero-order chi connectivity index (χ0) is 34.4.